The van der Waals surface area contributed by atoms with Crippen LogP contribution in [-0.4, -0.2) is 27.1 Å². The average molecular weight is 168 g/mol. The second-order valence-corrected chi connectivity index (χ2v) is 2.13. The molecule has 0 amide bonds. The number of aromatic nitrogens is 2. The van der Waals surface area contributed by atoms with Crippen molar-refractivity contribution in [3.63, 3.8) is 0 Å². The van der Waals surface area contributed by atoms with Crippen LogP contribution in [0.25, 0.3) is 0 Å². The maximum atomic E-state index is 10.3. The third-order valence-electron chi connectivity index (χ3n) is 1.17. The molecule has 1 atom stereocenters. The first-order chi connectivity index (χ1) is 5.70. The summed E-state index contributed by atoms with van der Waals surface area (Å²) in [6.07, 6.45) is 2.04. The molecule has 0 aliphatic carbocycles. The molecule has 1 heterocycles. The summed E-state index contributed by atoms with van der Waals surface area (Å²) in [7, 11) is 0. The van der Waals surface area contributed by atoms with Crippen molar-refractivity contribution in [2.45, 2.75) is 13.0 Å². The molecule has 64 valence electrons. The number of hydrogen-bond donors (Lipinski definition) is 1. The summed E-state index contributed by atoms with van der Waals surface area (Å²) in [5, 5.41) is 8.46. The van der Waals surface area contributed by atoms with Crippen molar-refractivity contribution in [2.24, 2.45) is 0 Å². The Hall–Kier alpha value is -1.65. The zero-order valence-corrected chi connectivity index (χ0v) is 6.47. The second kappa shape index (κ2) is 3.66. The number of aliphatic carboxylic acids is 1. The SMILES string of the molecule is CC(Oc1ncccn1)C(=O)O. The molecule has 0 bridgehead atoms. The Kier molecular flexibility index (Phi) is 2.57. The number of rotatable bonds is 3. The van der Waals surface area contributed by atoms with Crippen LogP contribution in [0.15, 0.2) is 18.5 Å². The lowest BCUT2D eigenvalue weighted by atomic mass is 10.4. The van der Waals surface area contributed by atoms with Gasteiger partial charge >= 0.3 is 12.0 Å². The van der Waals surface area contributed by atoms with Crippen LogP contribution in [0.4, 0.5) is 0 Å². The molecule has 0 aliphatic heterocycles. The van der Waals surface area contributed by atoms with Gasteiger partial charge in [0.1, 0.15) is 0 Å². The fraction of sp³-hybridized carbons (Fsp3) is 0.286. The van der Waals surface area contributed by atoms with Crippen molar-refractivity contribution >= 4 is 5.97 Å². The number of carbonyl (C=O) groups is 1. The number of ether oxygens (including phenoxy) is 1. The van der Waals surface area contributed by atoms with Crippen molar-refractivity contribution in [1.82, 2.24) is 9.97 Å². The normalized spacial score (nSPS) is 12.1. The van der Waals surface area contributed by atoms with Gasteiger partial charge in [0, 0.05) is 12.4 Å². The van der Waals surface area contributed by atoms with Gasteiger partial charge in [0.25, 0.3) is 0 Å². The first kappa shape index (κ1) is 8.45. The van der Waals surface area contributed by atoms with Crippen molar-refractivity contribution in [3.8, 4) is 6.01 Å². The molecule has 0 saturated carbocycles. The molecule has 5 nitrogen and oxygen atoms in total. The van der Waals surface area contributed by atoms with E-state index in [1.54, 1.807) is 6.07 Å². The number of carboxylic acid groups (broad SMARTS) is 1. The summed E-state index contributed by atoms with van der Waals surface area (Å²) in [4.78, 5) is 17.7. The van der Waals surface area contributed by atoms with Gasteiger partial charge in [-0.15, -0.1) is 0 Å². The Bertz CT molecular complexity index is 263. The highest BCUT2D eigenvalue weighted by Crippen LogP contribution is 2.01. The fourth-order valence-corrected chi connectivity index (χ4v) is 0.555. The van der Waals surface area contributed by atoms with Crippen LogP contribution in [0.5, 0.6) is 6.01 Å². The van der Waals surface area contributed by atoms with E-state index in [2.05, 4.69) is 9.97 Å². The summed E-state index contributed by atoms with van der Waals surface area (Å²) in [5.41, 5.74) is 0. The van der Waals surface area contributed by atoms with Crippen molar-refractivity contribution < 1.29 is 14.6 Å². The van der Waals surface area contributed by atoms with Crippen LogP contribution in [0, 0.1) is 0 Å². The standard InChI is InChI=1S/C7H8N2O3/c1-5(6(10)11)12-7-8-3-2-4-9-7/h2-5H,1H3,(H,10,11). The maximum Gasteiger partial charge on any atom is 0.344 e. The summed E-state index contributed by atoms with van der Waals surface area (Å²) >= 11 is 0. The molecule has 1 aromatic heterocycles. The Morgan fingerprint density at radius 1 is 1.58 bits per heavy atom. The average Bonchev–Trinajstić information content (AvgIpc) is 2.06. The molecule has 1 N–H and O–H groups in total. The molecule has 1 aromatic rings. The van der Waals surface area contributed by atoms with E-state index in [4.69, 9.17) is 9.84 Å². The summed E-state index contributed by atoms with van der Waals surface area (Å²) < 4.78 is 4.85. The molecular formula is C7H8N2O3. The maximum absolute atomic E-state index is 10.3. The Morgan fingerprint density at radius 2 is 2.17 bits per heavy atom. The monoisotopic (exact) mass is 168 g/mol. The molecule has 12 heavy (non-hydrogen) atoms. The Morgan fingerprint density at radius 3 is 2.67 bits per heavy atom. The third-order valence-corrected chi connectivity index (χ3v) is 1.17. The zero-order valence-electron chi connectivity index (χ0n) is 6.47. The molecule has 1 unspecified atom stereocenters. The van der Waals surface area contributed by atoms with E-state index in [-0.39, 0.29) is 6.01 Å². The topological polar surface area (TPSA) is 72.3 Å². The van der Waals surface area contributed by atoms with E-state index in [0.29, 0.717) is 0 Å². The lowest BCUT2D eigenvalue weighted by Gasteiger charge is -2.06. The van der Waals surface area contributed by atoms with E-state index in [1.165, 1.54) is 19.3 Å². The van der Waals surface area contributed by atoms with Gasteiger partial charge in [-0.2, -0.15) is 0 Å². The highest BCUT2D eigenvalue weighted by atomic mass is 16.5. The fourth-order valence-electron chi connectivity index (χ4n) is 0.555. The van der Waals surface area contributed by atoms with E-state index >= 15 is 0 Å². The highest BCUT2D eigenvalue weighted by molar-refractivity contribution is 5.72. The Labute approximate surface area is 69.0 Å². The summed E-state index contributed by atoms with van der Waals surface area (Å²) in [5.74, 6) is -1.04. The zero-order chi connectivity index (χ0) is 8.97. The van der Waals surface area contributed by atoms with Crippen LogP contribution in [0.3, 0.4) is 0 Å². The van der Waals surface area contributed by atoms with Crippen LogP contribution in [0.1, 0.15) is 6.92 Å². The third kappa shape index (κ3) is 2.19. The smallest absolute Gasteiger partial charge is 0.344 e. The van der Waals surface area contributed by atoms with Crippen molar-refractivity contribution in [3.05, 3.63) is 18.5 Å². The van der Waals surface area contributed by atoms with Crippen molar-refractivity contribution in [1.29, 1.82) is 0 Å². The molecule has 0 aromatic carbocycles. The van der Waals surface area contributed by atoms with Crippen LogP contribution < -0.4 is 4.74 Å². The largest absolute Gasteiger partial charge is 0.479 e. The molecule has 0 spiro atoms. The first-order valence-electron chi connectivity index (χ1n) is 3.36. The van der Waals surface area contributed by atoms with Gasteiger partial charge in [0.2, 0.25) is 0 Å². The van der Waals surface area contributed by atoms with Gasteiger partial charge in [0.15, 0.2) is 6.10 Å². The molecular weight excluding hydrogens is 160 g/mol. The predicted octanol–water partition coefficient (Wildman–Crippen LogP) is 0.328. The molecule has 0 fully saturated rings. The number of carboxylic acids is 1. The van der Waals surface area contributed by atoms with Gasteiger partial charge < -0.3 is 9.84 Å². The molecule has 0 saturated heterocycles. The minimum Gasteiger partial charge on any atom is -0.479 e. The van der Waals surface area contributed by atoms with Crippen LogP contribution in [0.2, 0.25) is 0 Å². The summed E-state index contributed by atoms with van der Waals surface area (Å²) in [6.45, 7) is 1.42. The van der Waals surface area contributed by atoms with Gasteiger partial charge in [-0.05, 0) is 13.0 Å². The minimum atomic E-state index is -1.04. The number of hydrogen-bond acceptors (Lipinski definition) is 4. The van der Waals surface area contributed by atoms with Crippen molar-refractivity contribution in [2.75, 3.05) is 0 Å². The van der Waals surface area contributed by atoms with E-state index < -0.39 is 12.1 Å². The van der Waals surface area contributed by atoms with Crippen LogP contribution in [-0.2, 0) is 4.79 Å². The minimum absolute atomic E-state index is 0.0763. The second-order valence-electron chi connectivity index (χ2n) is 2.13. The lowest BCUT2D eigenvalue weighted by Crippen LogP contribution is -2.23. The van der Waals surface area contributed by atoms with Crippen LogP contribution >= 0.6 is 0 Å². The summed E-state index contributed by atoms with van der Waals surface area (Å²) in [6, 6.07) is 1.70. The first-order valence-corrected chi connectivity index (χ1v) is 3.36. The highest BCUT2D eigenvalue weighted by Gasteiger charge is 2.12. The molecule has 0 radical (unpaired) electrons. The Balaban J connectivity index is 2.58. The number of nitrogens with zero attached hydrogens (tertiary/aromatic N) is 2. The van der Waals surface area contributed by atoms with E-state index in [1.807, 2.05) is 0 Å². The van der Waals surface area contributed by atoms with Gasteiger partial charge in [-0.25, -0.2) is 14.8 Å². The quantitative estimate of drug-likeness (QED) is 0.704. The molecule has 1 rings (SSSR count). The molecule has 0 aliphatic rings. The van der Waals surface area contributed by atoms with Gasteiger partial charge in [-0.1, -0.05) is 0 Å². The van der Waals surface area contributed by atoms with E-state index in [0.717, 1.165) is 0 Å². The predicted molar refractivity (Wildman–Crippen MR) is 39.8 cm³/mol. The molecule has 5 heteroatoms. The lowest BCUT2D eigenvalue weighted by molar-refractivity contribution is -0.144. The van der Waals surface area contributed by atoms with E-state index in [9.17, 15) is 4.79 Å². The van der Waals surface area contributed by atoms with Gasteiger partial charge in [0.05, 0.1) is 0 Å². The van der Waals surface area contributed by atoms with Gasteiger partial charge in [-0.3, -0.25) is 0 Å².